The van der Waals surface area contributed by atoms with Crippen molar-refractivity contribution in [2.24, 2.45) is 0 Å². The fraction of sp³-hybridized carbons (Fsp3) is 0.667. The van der Waals surface area contributed by atoms with Crippen molar-refractivity contribution in [1.82, 2.24) is 0 Å². The van der Waals surface area contributed by atoms with Crippen molar-refractivity contribution in [2.45, 2.75) is 79.1 Å². The van der Waals surface area contributed by atoms with E-state index in [4.69, 9.17) is 10.2 Å². The first-order valence-electron chi connectivity index (χ1n) is 11.3. The van der Waals surface area contributed by atoms with Crippen LogP contribution in [0.5, 0.6) is 0 Å². The van der Waals surface area contributed by atoms with Crippen LogP contribution in [0.2, 0.25) is 0 Å². The summed E-state index contributed by atoms with van der Waals surface area (Å²) >= 11 is 0. The zero-order valence-corrected chi connectivity index (χ0v) is 19.8. The number of hydrogen-bond acceptors (Lipinski definition) is 2. The maximum absolute atomic E-state index is 10.4. The molecule has 29 heavy (non-hydrogen) atoms. The summed E-state index contributed by atoms with van der Waals surface area (Å²) in [5, 5.41) is 17.0. The number of carboxylic acid groups (broad SMARTS) is 2. The smallest absolute Gasteiger partial charge is 0.335 e. The quantitative estimate of drug-likeness (QED) is 0.307. The lowest BCUT2D eigenvalue weighted by Crippen LogP contribution is -2.12. The highest BCUT2D eigenvalue weighted by Gasteiger charge is 2.34. The maximum atomic E-state index is 10.4. The number of unbranched alkanes of at least 4 members (excludes halogenated alkanes) is 4. The van der Waals surface area contributed by atoms with E-state index in [-0.39, 0.29) is 11.1 Å². The van der Waals surface area contributed by atoms with Crippen molar-refractivity contribution in [2.75, 3.05) is 24.6 Å². The molecule has 166 valence electrons. The molecule has 1 aromatic carbocycles. The van der Waals surface area contributed by atoms with Crippen LogP contribution >= 0.6 is 7.26 Å². The lowest BCUT2D eigenvalue weighted by Gasteiger charge is -2.28. The van der Waals surface area contributed by atoms with Gasteiger partial charge in [-0.05, 0) is 43.9 Å². The predicted octanol–water partition coefficient (Wildman–Crippen LogP) is 7.29. The highest BCUT2D eigenvalue weighted by atomic mass is 31.2. The van der Waals surface area contributed by atoms with Crippen molar-refractivity contribution < 1.29 is 19.8 Å². The van der Waals surface area contributed by atoms with E-state index in [0.717, 1.165) is 6.07 Å². The standard InChI is InChI=1S/C16H36P.C8H6O4/c1-5-9-13-17(14-10-6-2,15-11-7-3)16-12-8-4;9-7(10)5-2-1-3-6(4-5)8(11)12/h5-16H2,1-4H3;1-4H,(H,9,10)(H,11,12)/q+1;. The fourth-order valence-corrected chi connectivity index (χ4v) is 8.72. The molecule has 1 aromatic rings. The minimum atomic E-state index is -1.13. The van der Waals surface area contributed by atoms with Crippen LogP contribution < -0.4 is 0 Å². The number of carboxylic acids is 2. The first-order valence-corrected chi connectivity index (χ1v) is 13.8. The van der Waals surface area contributed by atoms with Gasteiger partial charge in [-0.15, -0.1) is 0 Å². The third-order valence-corrected chi connectivity index (χ3v) is 10.4. The van der Waals surface area contributed by atoms with Crippen molar-refractivity contribution in [3.05, 3.63) is 35.4 Å². The van der Waals surface area contributed by atoms with Gasteiger partial charge >= 0.3 is 11.9 Å². The Bertz CT molecular complexity index is 519. The van der Waals surface area contributed by atoms with Gasteiger partial charge in [-0.1, -0.05) is 59.4 Å². The summed E-state index contributed by atoms with van der Waals surface area (Å²) in [6, 6.07) is 5.20. The van der Waals surface area contributed by atoms with E-state index in [0.29, 0.717) is 0 Å². The SMILES string of the molecule is CCCC[P+](CCCC)(CCCC)CCCC.O=C(O)c1cccc(C(=O)O)c1. The molecule has 0 aromatic heterocycles. The fourth-order valence-electron chi connectivity index (χ4n) is 3.43. The Morgan fingerprint density at radius 3 is 1.24 bits per heavy atom. The van der Waals surface area contributed by atoms with E-state index in [2.05, 4.69) is 27.7 Å². The summed E-state index contributed by atoms with van der Waals surface area (Å²) < 4.78 is 0. The Hall–Kier alpha value is -1.41. The number of hydrogen-bond donors (Lipinski definition) is 2. The third kappa shape index (κ3) is 12.0. The Morgan fingerprint density at radius 2 is 1.00 bits per heavy atom. The van der Waals surface area contributed by atoms with E-state index >= 15 is 0 Å². The Labute approximate surface area is 178 Å². The van der Waals surface area contributed by atoms with Gasteiger partial charge in [-0.25, -0.2) is 9.59 Å². The molecule has 2 N–H and O–H groups in total. The molecule has 0 aliphatic carbocycles. The Balaban J connectivity index is 0.000000571. The van der Waals surface area contributed by atoms with Crippen molar-refractivity contribution >= 4 is 19.2 Å². The summed E-state index contributed by atoms with van der Waals surface area (Å²) in [5.41, 5.74) is -0.0372. The molecule has 0 saturated heterocycles. The van der Waals surface area contributed by atoms with Gasteiger partial charge in [0.05, 0.1) is 35.8 Å². The molecule has 0 spiro atoms. The molecule has 0 fully saturated rings. The highest BCUT2D eigenvalue weighted by molar-refractivity contribution is 7.75. The number of aromatic carboxylic acids is 2. The van der Waals surface area contributed by atoms with Gasteiger partial charge in [0.15, 0.2) is 0 Å². The van der Waals surface area contributed by atoms with Crippen LogP contribution in [0.15, 0.2) is 24.3 Å². The van der Waals surface area contributed by atoms with Gasteiger partial charge in [-0.2, -0.15) is 0 Å². The van der Waals surface area contributed by atoms with Crippen molar-refractivity contribution in [3.8, 4) is 0 Å². The molecule has 0 unspecified atom stereocenters. The van der Waals surface area contributed by atoms with Gasteiger partial charge in [0.1, 0.15) is 0 Å². The molecular formula is C24H42O4P+. The molecule has 0 bridgehead atoms. The zero-order chi connectivity index (χ0) is 22.1. The Kier molecular flexibility index (Phi) is 15.6. The minimum absolute atomic E-state index is 0.0186. The van der Waals surface area contributed by atoms with Crippen LogP contribution in [0.4, 0.5) is 0 Å². The van der Waals surface area contributed by atoms with Crippen LogP contribution in [0, 0.1) is 0 Å². The zero-order valence-electron chi connectivity index (χ0n) is 19.0. The molecule has 0 aliphatic heterocycles. The maximum Gasteiger partial charge on any atom is 0.335 e. The molecule has 4 nitrogen and oxygen atoms in total. The van der Waals surface area contributed by atoms with Gasteiger partial charge in [0.2, 0.25) is 0 Å². The molecule has 5 heteroatoms. The second-order valence-electron chi connectivity index (χ2n) is 7.84. The largest absolute Gasteiger partial charge is 0.478 e. The first kappa shape index (κ1) is 27.6. The van der Waals surface area contributed by atoms with E-state index in [9.17, 15) is 9.59 Å². The lowest BCUT2D eigenvalue weighted by molar-refractivity contribution is 0.0696. The first-order chi connectivity index (χ1) is 13.9. The number of carbonyl (C=O) groups is 2. The van der Waals surface area contributed by atoms with E-state index in [1.54, 1.807) is 24.6 Å². The highest BCUT2D eigenvalue weighted by Crippen LogP contribution is 2.61. The van der Waals surface area contributed by atoms with Gasteiger partial charge in [0.25, 0.3) is 0 Å². The molecule has 0 saturated carbocycles. The number of rotatable bonds is 14. The average molecular weight is 426 g/mol. The molecule has 0 aliphatic rings. The van der Waals surface area contributed by atoms with Crippen molar-refractivity contribution in [1.29, 1.82) is 0 Å². The monoisotopic (exact) mass is 425 g/mol. The summed E-state index contributed by atoms with van der Waals surface area (Å²) in [7, 11) is -0.562. The Morgan fingerprint density at radius 1 is 0.690 bits per heavy atom. The normalized spacial score (nSPS) is 10.9. The van der Waals surface area contributed by atoms with Gasteiger partial charge in [-0.3, -0.25) is 0 Å². The van der Waals surface area contributed by atoms with Crippen LogP contribution in [0.25, 0.3) is 0 Å². The summed E-state index contributed by atoms with van der Waals surface area (Å²) in [5.74, 6) is -2.25. The molecule has 0 radical (unpaired) electrons. The second-order valence-corrected chi connectivity index (χ2v) is 12.3. The number of benzene rings is 1. The molecular weight excluding hydrogens is 383 g/mol. The summed E-state index contributed by atoms with van der Waals surface area (Å²) in [6.07, 6.45) is 17.9. The lowest BCUT2D eigenvalue weighted by atomic mass is 10.1. The minimum Gasteiger partial charge on any atom is -0.478 e. The molecule has 0 atom stereocenters. The van der Waals surface area contributed by atoms with E-state index in [1.807, 2.05) is 0 Å². The van der Waals surface area contributed by atoms with Crippen LogP contribution in [-0.4, -0.2) is 46.8 Å². The van der Waals surface area contributed by atoms with E-state index in [1.165, 1.54) is 69.6 Å². The van der Waals surface area contributed by atoms with Crippen molar-refractivity contribution in [3.63, 3.8) is 0 Å². The molecule has 0 amide bonds. The van der Waals surface area contributed by atoms with E-state index < -0.39 is 19.2 Å². The topological polar surface area (TPSA) is 74.6 Å². The predicted molar refractivity (Wildman–Crippen MR) is 126 cm³/mol. The average Bonchev–Trinajstić information content (AvgIpc) is 2.73. The van der Waals surface area contributed by atoms with Gasteiger partial charge in [0, 0.05) is 7.26 Å². The third-order valence-electron chi connectivity index (χ3n) is 5.30. The van der Waals surface area contributed by atoms with Gasteiger partial charge < -0.3 is 10.2 Å². The van der Waals surface area contributed by atoms with Crippen LogP contribution in [0.1, 0.15) is 99.8 Å². The van der Waals surface area contributed by atoms with Crippen LogP contribution in [0.3, 0.4) is 0 Å². The summed E-state index contributed by atoms with van der Waals surface area (Å²) in [4.78, 5) is 20.8. The molecule has 1 rings (SSSR count). The van der Waals surface area contributed by atoms with Crippen LogP contribution in [-0.2, 0) is 0 Å². The molecule has 0 heterocycles. The summed E-state index contributed by atoms with van der Waals surface area (Å²) in [6.45, 7) is 9.42. The second kappa shape index (κ2) is 16.4.